The molecule has 5 heteroatoms. The van der Waals surface area contributed by atoms with E-state index in [-0.39, 0.29) is 0 Å². The highest BCUT2D eigenvalue weighted by Crippen LogP contribution is 2.35. The Morgan fingerprint density at radius 1 is 1.45 bits per heavy atom. The molecule has 1 fully saturated rings. The zero-order chi connectivity index (χ0) is 15.0. The summed E-state index contributed by atoms with van der Waals surface area (Å²) in [5.41, 5.74) is 7.57. The minimum atomic E-state index is -0.416. The largest absolute Gasteiger partial charge is 0.401 e. The van der Waals surface area contributed by atoms with Crippen molar-refractivity contribution >= 4 is 6.41 Å². The van der Waals surface area contributed by atoms with E-state index in [1.165, 1.54) is 0 Å². The smallest absolute Gasteiger partial charge is 0.207 e. The summed E-state index contributed by atoms with van der Waals surface area (Å²) in [4.78, 5) is 12.5. The van der Waals surface area contributed by atoms with Gasteiger partial charge in [-0.15, -0.1) is 0 Å². The molecule has 0 heterocycles. The van der Waals surface area contributed by atoms with E-state index in [4.69, 9.17) is 5.73 Å². The predicted octanol–water partition coefficient (Wildman–Crippen LogP) is 1.33. The zero-order valence-corrected chi connectivity index (χ0v) is 12.8. The lowest BCUT2D eigenvalue weighted by atomic mass is 9.77. The van der Waals surface area contributed by atoms with Crippen molar-refractivity contribution < 1.29 is 9.90 Å². The maximum atomic E-state index is 10.3. The Labute approximate surface area is 122 Å². The summed E-state index contributed by atoms with van der Waals surface area (Å²) < 4.78 is 0. The molecule has 0 aromatic heterocycles. The molecule has 0 spiro atoms. The highest BCUT2D eigenvalue weighted by Gasteiger charge is 2.33. The van der Waals surface area contributed by atoms with E-state index in [9.17, 15) is 9.90 Å². The van der Waals surface area contributed by atoms with Crippen molar-refractivity contribution in [3.8, 4) is 0 Å². The maximum absolute atomic E-state index is 10.3. The van der Waals surface area contributed by atoms with Crippen molar-refractivity contribution in [1.29, 1.82) is 0 Å². The first kappa shape index (κ1) is 16.8. The number of nitrogens with two attached hydrogens (primary N) is 1. The third kappa shape index (κ3) is 5.04. The predicted molar refractivity (Wildman–Crippen MR) is 80.9 cm³/mol. The molecule has 0 aromatic carbocycles. The molecule has 0 atom stereocenters. The number of rotatable bonds is 10. The molecule has 20 heavy (non-hydrogen) atoms. The number of nitrogens with zero attached hydrogens (tertiary/aromatic N) is 1. The first-order chi connectivity index (χ1) is 9.52. The second-order valence-corrected chi connectivity index (χ2v) is 5.70. The first-order valence-electron chi connectivity index (χ1n) is 7.62. The van der Waals surface area contributed by atoms with Gasteiger partial charge in [0.25, 0.3) is 0 Å². The van der Waals surface area contributed by atoms with Gasteiger partial charge >= 0.3 is 0 Å². The molecule has 0 bridgehead atoms. The minimum absolute atomic E-state index is 0.416. The Bertz CT molecular complexity index is 338. The van der Waals surface area contributed by atoms with Gasteiger partial charge in [-0.25, -0.2) is 0 Å². The fourth-order valence-electron chi connectivity index (χ4n) is 2.60. The number of amides is 1. The number of hydrogen-bond acceptors (Lipinski definition) is 4. The van der Waals surface area contributed by atoms with Crippen LogP contribution in [0.2, 0.25) is 0 Å². The Morgan fingerprint density at radius 3 is 2.65 bits per heavy atom. The van der Waals surface area contributed by atoms with Gasteiger partial charge in [-0.05, 0) is 45.4 Å². The lowest BCUT2D eigenvalue weighted by Crippen LogP contribution is -2.38. The van der Waals surface area contributed by atoms with Gasteiger partial charge in [-0.1, -0.05) is 6.92 Å². The molecule has 0 aromatic rings. The number of hydrogen-bond donors (Lipinski definition) is 3. The summed E-state index contributed by atoms with van der Waals surface area (Å²) in [6, 6.07) is 0. The molecule has 1 amide bonds. The minimum Gasteiger partial charge on any atom is -0.401 e. The van der Waals surface area contributed by atoms with E-state index in [1.54, 1.807) is 0 Å². The summed E-state index contributed by atoms with van der Waals surface area (Å²) >= 11 is 0. The number of nitrogens with one attached hydrogen (secondary N) is 1. The standard InChI is InChI=1S/C15H29N3O2/c1-3-14(16)13(2)18(11-9-17-12-19)10-5-8-15(20)6-4-7-15/h12,20H,3-11,16H2,1-2H3,(H,17,19)/b14-13+. The van der Waals surface area contributed by atoms with Crippen LogP contribution in [0.25, 0.3) is 0 Å². The average molecular weight is 283 g/mol. The van der Waals surface area contributed by atoms with E-state index >= 15 is 0 Å². The van der Waals surface area contributed by atoms with Crippen LogP contribution in [0.5, 0.6) is 0 Å². The summed E-state index contributed by atoms with van der Waals surface area (Å²) in [6.45, 7) is 6.30. The van der Waals surface area contributed by atoms with Crippen molar-refractivity contribution in [1.82, 2.24) is 10.2 Å². The molecular formula is C15H29N3O2. The molecule has 0 saturated heterocycles. The van der Waals surface area contributed by atoms with Gasteiger partial charge in [0.05, 0.1) is 5.60 Å². The van der Waals surface area contributed by atoms with Gasteiger partial charge in [0.1, 0.15) is 0 Å². The summed E-state index contributed by atoms with van der Waals surface area (Å²) in [6.07, 6.45) is 6.36. The van der Waals surface area contributed by atoms with Gasteiger partial charge in [0, 0.05) is 31.0 Å². The molecule has 116 valence electrons. The van der Waals surface area contributed by atoms with Crippen molar-refractivity contribution in [3.63, 3.8) is 0 Å². The fraction of sp³-hybridized carbons (Fsp3) is 0.800. The monoisotopic (exact) mass is 283 g/mol. The molecule has 4 N–H and O–H groups in total. The molecule has 1 saturated carbocycles. The van der Waals surface area contributed by atoms with Gasteiger partial charge < -0.3 is 21.1 Å². The van der Waals surface area contributed by atoms with Crippen LogP contribution in [0.4, 0.5) is 0 Å². The molecule has 0 radical (unpaired) electrons. The Morgan fingerprint density at radius 2 is 2.15 bits per heavy atom. The quantitative estimate of drug-likeness (QED) is 0.417. The van der Waals surface area contributed by atoms with E-state index in [0.717, 1.165) is 69.4 Å². The van der Waals surface area contributed by atoms with Gasteiger partial charge in [0.2, 0.25) is 6.41 Å². The molecular weight excluding hydrogens is 254 g/mol. The van der Waals surface area contributed by atoms with Crippen LogP contribution in [0.1, 0.15) is 52.4 Å². The lowest BCUT2D eigenvalue weighted by molar-refractivity contribution is -0.109. The summed E-state index contributed by atoms with van der Waals surface area (Å²) in [7, 11) is 0. The Balaban J connectivity index is 2.46. The molecule has 1 rings (SSSR count). The van der Waals surface area contributed by atoms with Crippen LogP contribution >= 0.6 is 0 Å². The molecule has 0 aliphatic heterocycles. The molecule has 1 aliphatic rings. The molecule has 0 unspecified atom stereocenters. The van der Waals surface area contributed by atoms with Crippen molar-refractivity contribution in [3.05, 3.63) is 11.4 Å². The number of allylic oxidation sites excluding steroid dienone is 2. The van der Waals surface area contributed by atoms with E-state index in [2.05, 4.69) is 10.2 Å². The van der Waals surface area contributed by atoms with Crippen molar-refractivity contribution in [2.45, 2.75) is 58.0 Å². The Kier molecular flexibility index (Phi) is 6.85. The van der Waals surface area contributed by atoms with Crippen LogP contribution in [-0.2, 0) is 4.79 Å². The SMILES string of the molecule is CC/C(N)=C(/C)N(CCCC1(O)CCC1)CCNC=O. The first-order valence-corrected chi connectivity index (χ1v) is 7.62. The van der Waals surface area contributed by atoms with Gasteiger partial charge in [-0.2, -0.15) is 0 Å². The maximum Gasteiger partial charge on any atom is 0.207 e. The van der Waals surface area contributed by atoms with Crippen LogP contribution in [-0.4, -0.2) is 41.7 Å². The number of carbonyl (C=O) groups is 1. The van der Waals surface area contributed by atoms with E-state index in [1.807, 2.05) is 13.8 Å². The van der Waals surface area contributed by atoms with Gasteiger partial charge in [0.15, 0.2) is 0 Å². The summed E-state index contributed by atoms with van der Waals surface area (Å²) in [5, 5.41) is 12.8. The summed E-state index contributed by atoms with van der Waals surface area (Å²) in [5.74, 6) is 0. The van der Waals surface area contributed by atoms with Crippen molar-refractivity contribution in [2.75, 3.05) is 19.6 Å². The third-order valence-electron chi connectivity index (χ3n) is 4.28. The van der Waals surface area contributed by atoms with E-state index < -0.39 is 5.60 Å². The van der Waals surface area contributed by atoms with E-state index in [0.29, 0.717) is 6.54 Å². The number of carbonyl (C=O) groups excluding carboxylic acids is 1. The second-order valence-electron chi connectivity index (χ2n) is 5.70. The van der Waals surface area contributed by atoms with Crippen LogP contribution in [0, 0.1) is 0 Å². The molecule has 1 aliphatic carbocycles. The topological polar surface area (TPSA) is 78.6 Å². The zero-order valence-electron chi connectivity index (χ0n) is 12.8. The van der Waals surface area contributed by atoms with Gasteiger partial charge in [-0.3, -0.25) is 4.79 Å². The average Bonchev–Trinajstić information content (AvgIpc) is 2.42. The molecule has 5 nitrogen and oxygen atoms in total. The number of aliphatic hydroxyl groups is 1. The third-order valence-corrected chi connectivity index (χ3v) is 4.28. The highest BCUT2D eigenvalue weighted by atomic mass is 16.3. The lowest BCUT2D eigenvalue weighted by Gasteiger charge is -2.37. The second kappa shape index (κ2) is 8.15. The van der Waals surface area contributed by atoms with Crippen LogP contribution in [0.15, 0.2) is 11.4 Å². The van der Waals surface area contributed by atoms with Crippen LogP contribution in [0.3, 0.4) is 0 Å². The van der Waals surface area contributed by atoms with Crippen LogP contribution < -0.4 is 11.1 Å². The highest BCUT2D eigenvalue weighted by molar-refractivity contribution is 5.45. The fourth-order valence-corrected chi connectivity index (χ4v) is 2.60. The Hall–Kier alpha value is -1.23. The van der Waals surface area contributed by atoms with Crippen molar-refractivity contribution in [2.24, 2.45) is 5.73 Å². The normalized spacial score (nSPS) is 17.9.